The predicted molar refractivity (Wildman–Crippen MR) is 88.5 cm³/mol. The van der Waals surface area contributed by atoms with Crippen LogP contribution < -0.4 is 5.32 Å². The Bertz CT molecular complexity index is 566. The lowest BCUT2D eigenvalue weighted by Gasteiger charge is -2.34. The number of amides is 2. The molecule has 118 valence electrons. The molecule has 1 heterocycles. The fraction of sp³-hybridized carbons (Fsp3) is 0.500. The van der Waals surface area contributed by atoms with E-state index in [1.807, 2.05) is 29.2 Å². The fourth-order valence-corrected chi connectivity index (χ4v) is 3.08. The van der Waals surface area contributed by atoms with Gasteiger partial charge in [-0.15, -0.1) is 0 Å². The second-order valence-corrected chi connectivity index (χ2v) is 6.85. The van der Waals surface area contributed by atoms with Crippen molar-refractivity contribution in [3.05, 3.63) is 28.7 Å². The van der Waals surface area contributed by atoms with Crippen molar-refractivity contribution in [2.75, 3.05) is 38.0 Å². The summed E-state index contributed by atoms with van der Waals surface area (Å²) in [5, 5.41) is 2.90. The first-order valence-corrected chi connectivity index (χ1v) is 8.48. The number of anilines is 1. The lowest BCUT2D eigenvalue weighted by molar-refractivity contribution is -0.134. The zero-order valence-corrected chi connectivity index (χ0v) is 14.0. The predicted octanol–water partition coefficient (Wildman–Crippen LogP) is 1.94. The average Bonchev–Trinajstić information content (AvgIpc) is 3.32. The van der Waals surface area contributed by atoms with E-state index < -0.39 is 0 Å². The maximum Gasteiger partial charge on any atom is 0.238 e. The van der Waals surface area contributed by atoms with Crippen LogP contribution in [0.1, 0.15) is 12.8 Å². The Balaban J connectivity index is 1.44. The highest BCUT2D eigenvalue weighted by molar-refractivity contribution is 9.10. The summed E-state index contributed by atoms with van der Waals surface area (Å²) in [7, 11) is 0. The number of benzene rings is 1. The van der Waals surface area contributed by atoms with Gasteiger partial charge in [0.2, 0.25) is 11.8 Å². The number of nitrogens with zero attached hydrogens (tertiary/aromatic N) is 2. The molecular formula is C16H20BrN3O2. The molecule has 1 aliphatic heterocycles. The van der Waals surface area contributed by atoms with Crippen LogP contribution in [0.2, 0.25) is 0 Å². The van der Waals surface area contributed by atoms with E-state index in [-0.39, 0.29) is 11.8 Å². The molecule has 22 heavy (non-hydrogen) atoms. The molecule has 1 N–H and O–H groups in total. The molecule has 1 saturated carbocycles. The van der Waals surface area contributed by atoms with E-state index in [4.69, 9.17) is 0 Å². The van der Waals surface area contributed by atoms with Crippen LogP contribution in [-0.2, 0) is 9.59 Å². The number of hydrogen-bond donors (Lipinski definition) is 1. The van der Waals surface area contributed by atoms with Crippen LogP contribution in [0.4, 0.5) is 5.69 Å². The third kappa shape index (κ3) is 4.08. The van der Waals surface area contributed by atoms with Gasteiger partial charge in [-0.25, -0.2) is 0 Å². The van der Waals surface area contributed by atoms with E-state index in [9.17, 15) is 9.59 Å². The van der Waals surface area contributed by atoms with E-state index >= 15 is 0 Å². The van der Waals surface area contributed by atoms with E-state index in [1.165, 1.54) is 0 Å². The molecule has 2 amide bonds. The maximum absolute atomic E-state index is 12.1. The Morgan fingerprint density at radius 1 is 1.18 bits per heavy atom. The lowest BCUT2D eigenvalue weighted by atomic mass is 10.2. The summed E-state index contributed by atoms with van der Waals surface area (Å²) < 4.78 is 0.942. The SMILES string of the molecule is O=C(CN1CCN(C(=O)C2CC2)CC1)Nc1cccc(Br)c1. The van der Waals surface area contributed by atoms with Crippen LogP contribution in [0.25, 0.3) is 0 Å². The van der Waals surface area contributed by atoms with Crippen LogP contribution in [0.3, 0.4) is 0 Å². The number of carbonyl (C=O) groups is 2. The topological polar surface area (TPSA) is 52.7 Å². The van der Waals surface area contributed by atoms with E-state index in [0.29, 0.717) is 12.5 Å². The van der Waals surface area contributed by atoms with Gasteiger partial charge in [0.05, 0.1) is 6.54 Å². The number of piperazine rings is 1. The van der Waals surface area contributed by atoms with Crippen LogP contribution >= 0.6 is 15.9 Å². The zero-order valence-electron chi connectivity index (χ0n) is 12.4. The smallest absolute Gasteiger partial charge is 0.238 e. The molecule has 3 rings (SSSR count). The standard InChI is InChI=1S/C16H20BrN3O2/c17-13-2-1-3-14(10-13)18-15(21)11-19-6-8-20(9-7-19)16(22)12-4-5-12/h1-3,10,12H,4-9,11H2,(H,18,21). The lowest BCUT2D eigenvalue weighted by Crippen LogP contribution is -2.50. The Morgan fingerprint density at radius 2 is 1.91 bits per heavy atom. The number of halogens is 1. The van der Waals surface area contributed by atoms with E-state index in [1.54, 1.807) is 0 Å². The van der Waals surface area contributed by atoms with Gasteiger partial charge in [0, 0.05) is 42.3 Å². The molecule has 0 atom stereocenters. The quantitative estimate of drug-likeness (QED) is 0.886. The molecule has 5 nitrogen and oxygen atoms in total. The van der Waals surface area contributed by atoms with Gasteiger partial charge in [0.1, 0.15) is 0 Å². The fourth-order valence-electron chi connectivity index (χ4n) is 2.68. The van der Waals surface area contributed by atoms with Crippen LogP contribution in [0.5, 0.6) is 0 Å². The molecule has 0 bridgehead atoms. The van der Waals surface area contributed by atoms with Gasteiger partial charge < -0.3 is 10.2 Å². The van der Waals surface area contributed by atoms with Crippen molar-refractivity contribution in [2.45, 2.75) is 12.8 Å². The average molecular weight is 366 g/mol. The Hall–Kier alpha value is -1.40. The Kier molecular flexibility index (Phi) is 4.78. The Morgan fingerprint density at radius 3 is 2.55 bits per heavy atom. The highest BCUT2D eigenvalue weighted by Gasteiger charge is 2.34. The molecule has 0 spiro atoms. The van der Waals surface area contributed by atoms with Crippen molar-refractivity contribution in [1.29, 1.82) is 0 Å². The molecule has 1 aromatic rings. The van der Waals surface area contributed by atoms with Gasteiger partial charge >= 0.3 is 0 Å². The maximum atomic E-state index is 12.1. The second-order valence-electron chi connectivity index (χ2n) is 5.93. The summed E-state index contributed by atoms with van der Waals surface area (Å²) in [6, 6.07) is 7.56. The van der Waals surface area contributed by atoms with Crippen LogP contribution in [-0.4, -0.2) is 54.3 Å². The number of carbonyl (C=O) groups excluding carboxylic acids is 2. The van der Waals surface area contributed by atoms with Gasteiger partial charge in [0.15, 0.2) is 0 Å². The van der Waals surface area contributed by atoms with Crippen molar-refractivity contribution < 1.29 is 9.59 Å². The molecule has 0 unspecified atom stereocenters. The summed E-state index contributed by atoms with van der Waals surface area (Å²) >= 11 is 3.39. The zero-order chi connectivity index (χ0) is 15.5. The van der Waals surface area contributed by atoms with Crippen molar-refractivity contribution >= 4 is 33.4 Å². The largest absolute Gasteiger partial charge is 0.340 e. The summed E-state index contributed by atoms with van der Waals surface area (Å²) in [4.78, 5) is 28.1. The molecule has 0 aromatic heterocycles. The van der Waals surface area contributed by atoms with Crippen LogP contribution in [0.15, 0.2) is 28.7 Å². The number of hydrogen-bond acceptors (Lipinski definition) is 3. The van der Waals surface area contributed by atoms with Crippen molar-refractivity contribution in [3.8, 4) is 0 Å². The first-order valence-electron chi connectivity index (χ1n) is 7.68. The minimum atomic E-state index is -0.0138. The monoisotopic (exact) mass is 365 g/mol. The van der Waals surface area contributed by atoms with Gasteiger partial charge in [0.25, 0.3) is 0 Å². The van der Waals surface area contributed by atoms with Crippen LogP contribution in [0, 0.1) is 5.92 Å². The van der Waals surface area contributed by atoms with E-state index in [2.05, 4.69) is 26.1 Å². The molecule has 1 aromatic carbocycles. The molecule has 6 heteroatoms. The minimum Gasteiger partial charge on any atom is -0.340 e. The molecule has 2 fully saturated rings. The highest BCUT2D eigenvalue weighted by atomic mass is 79.9. The normalized spacial score (nSPS) is 19.0. The third-order valence-electron chi connectivity index (χ3n) is 4.09. The third-order valence-corrected chi connectivity index (χ3v) is 4.58. The molecule has 1 saturated heterocycles. The minimum absolute atomic E-state index is 0.0138. The molecule has 2 aliphatic rings. The van der Waals surface area contributed by atoms with Gasteiger partial charge in [-0.2, -0.15) is 0 Å². The number of nitrogens with one attached hydrogen (secondary N) is 1. The highest BCUT2D eigenvalue weighted by Crippen LogP contribution is 2.31. The van der Waals surface area contributed by atoms with E-state index in [0.717, 1.165) is 49.2 Å². The van der Waals surface area contributed by atoms with Gasteiger partial charge in [-0.1, -0.05) is 22.0 Å². The first kappa shape index (κ1) is 15.5. The van der Waals surface area contributed by atoms with Crippen molar-refractivity contribution in [3.63, 3.8) is 0 Å². The summed E-state index contributed by atoms with van der Waals surface area (Å²) in [6.07, 6.45) is 2.10. The first-order chi connectivity index (χ1) is 10.6. The number of rotatable bonds is 4. The van der Waals surface area contributed by atoms with Crippen molar-refractivity contribution in [1.82, 2.24) is 9.80 Å². The van der Waals surface area contributed by atoms with Gasteiger partial charge in [-0.05, 0) is 31.0 Å². The van der Waals surface area contributed by atoms with Crippen molar-refractivity contribution in [2.24, 2.45) is 5.92 Å². The molecule has 1 aliphatic carbocycles. The van der Waals surface area contributed by atoms with Gasteiger partial charge in [-0.3, -0.25) is 14.5 Å². The molecule has 0 radical (unpaired) electrons. The second kappa shape index (κ2) is 6.79. The summed E-state index contributed by atoms with van der Waals surface area (Å²) in [5.41, 5.74) is 0.793. The molecular weight excluding hydrogens is 346 g/mol. The summed E-state index contributed by atoms with van der Waals surface area (Å²) in [5.74, 6) is 0.574. The summed E-state index contributed by atoms with van der Waals surface area (Å²) in [6.45, 7) is 3.38. The Labute approximate surface area is 138 Å².